The highest BCUT2D eigenvalue weighted by Crippen LogP contribution is 2.34. The Balaban J connectivity index is 1.84. The number of halogens is 4. The van der Waals surface area contributed by atoms with Crippen molar-refractivity contribution in [3.05, 3.63) is 53.3 Å². The summed E-state index contributed by atoms with van der Waals surface area (Å²) in [6, 6.07) is 12.3. The molecule has 4 nitrogen and oxygen atoms in total. The topological polar surface area (TPSA) is 43.4 Å². The molecule has 0 aliphatic heterocycles. The van der Waals surface area contributed by atoms with Crippen LogP contribution in [0.1, 0.15) is 0 Å². The summed E-state index contributed by atoms with van der Waals surface area (Å²) in [5.74, 6) is -1.40. The average molecular weight is 415 g/mol. The molecule has 27 heavy (non-hydrogen) atoms. The fourth-order valence-electron chi connectivity index (χ4n) is 2.34. The molecule has 2 aromatic carbocycles. The molecule has 9 heteroatoms. The first-order chi connectivity index (χ1) is 13.0. The molecule has 0 bridgehead atoms. The zero-order valence-corrected chi connectivity index (χ0v) is 15.6. The maximum Gasteiger partial charge on any atom is 0.272 e. The molecule has 0 spiro atoms. The highest BCUT2D eigenvalue weighted by Gasteiger charge is 2.16. The average Bonchev–Trinajstić information content (AvgIpc) is 2.65. The second kappa shape index (κ2) is 8.58. The van der Waals surface area contributed by atoms with Crippen LogP contribution in [0.25, 0.3) is 10.8 Å². The lowest BCUT2D eigenvalue weighted by atomic mass is 10.1. The molecule has 142 valence electrons. The Labute approximate surface area is 162 Å². The molecule has 0 aliphatic rings. The molecule has 0 radical (unpaired) electrons. The van der Waals surface area contributed by atoms with E-state index in [2.05, 4.69) is 14.4 Å². The van der Waals surface area contributed by atoms with Crippen LogP contribution in [0.4, 0.5) is 18.9 Å². The van der Waals surface area contributed by atoms with E-state index in [0.29, 0.717) is 5.02 Å². The van der Waals surface area contributed by atoms with Crippen LogP contribution < -0.4 is 14.2 Å². The van der Waals surface area contributed by atoms with Gasteiger partial charge < -0.3 is 14.2 Å². The zero-order valence-electron chi connectivity index (χ0n) is 14.0. The number of rotatable bonds is 7. The van der Waals surface area contributed by atoms with Gasteiger partial charge in [-0.05, 0) is 40.9 Å². The van der Waals surface area contributed by atoms with Crippen LogP contribution in [0.2, 0.25) is 5.02 Å². The van der Waals surface area contributed by atoms with E-state index >= 15 is 0 Å². The van der Waals surface area contributed by atoms with Gasteiger partial charge in [0.05, 0.1) is 7.11 Å². The summed E-state index contributed by atoms with van der Waals surface area (Å²) in [7, 11) is 1.34. The number of benzene rings is 2. The minimum atomic E-state index is -2.73. The number of nitrogens with one attached hydrogen (secondary N) is 1. The van der Waals surface area contributed by atoms with Gasteiger partial charge in [0, 0.05) is 16.0 Å². The fourth-order valence-corrected chi connectivity index (χ4v) is 3.31. The number of ether oxygens (including phenoxy) is 2. The number of alkyl halides is 2. The van der Waals surface area contributed by atoms with Gasteiger partial charge in [-0.2, -0.15) is 4.98 Å². The smallest absolute Gasteiger partial charge is 0.272 e. The third-order valence-corrected chi connectivity index (χ3v) is 4.66. The van der Waals surface area contributed by atoms with Gasteiger partial charge in [0.1, 0.15) is 5.69 Å². The number of anilines is 1. The molecular weight excluding hydrogens is 401 g/mol. The molecule has 0 fully saturated rings. The first kappa shape index (κ1) is 19.4. The zero-order chi connectivity index (χ0) is 19.4. The summed E-state index contributed by atoms with van der Waals surface area (Å²) in [5, 5.41) is 2.52. The van der Waals surface area contributed by atoms with Crippen molar-refractivity contribution in [1.29, 1.82) is 0 Å². The van der Waals surface area contributed by atoms with E-state index in [9.17, 15) is 13.2 Å². The first-order valence-electron chi connectivity index (χ1n) is 7.74. The van der Waals surface area contributed by atoms with Crippen LogP contribution in [-0.2, 0) is 0 Å². The summed E-state index contributed by atoms with van der Waals surface area (Å²) in [5.41, 5.74) is 0.239. The molecule has 0 aliphatic carbocycles. The van der Waals surface area contributed by atoms with Crippen molar-refractivity contribution < 1.29 is 22.6 Å². The third-order valence-electron chi connectivity index (χ3n) is 3.52. The quantitative estimate of drug-likeness (QED) is 0.495. The Morgan fingerprint density at radius 2 is 2.00 bits per heavy atom. The highest BCUT2D eigenvalue weighted by atomic mass is 35.5. The van der Waals surface area contributed by atoms with Crippen molar-refractivity contribution in [2.75, 3.05) is 18.4 Å². The van der Waals surface area contributed by atoms with Crippen LogP contribution >= 0.6 is 23.5 Å². The van der Waals surface area contributed by atoms with E-state index in [-0.39, 0.29) is 11.6 Å². The molecule has 3 aromatic rings. The van der Waals surface area contributed by atoms with E-state index in [4.69, 9.17) is 16.3 Å². The molecule has 0 saturated carbocycles. The first-order valence-corrected chi connectivity index (χ1v) is 8.94. The Hall–Kier alpha value is -2.32. The Kier molecular flexibility index (Phi) is 6.18. The normalized spacial score (nSPS) is 11.0. The van der Waals surface area contributed by atoms with E-state index in [1.165, 1.54) is 19.1 Å². The summed E-state index contributed by atoms with van der Waals surface area (Å²) >= 11 is 7.29. The molecule has 0 saturated heterocycles. The molecule has 1 heterocycles. The van der Waals surface area contributed by atoms with E-state index in [0.717, 1.165) is 21.7 Å². The van der Waals surface area contributed by atoms with Gasteiger partial charge in [0.15, 0.2) is 12.4 Å². The largest absolute Gasteiger partial charge is 0.479 e. The summed E-state index contributed by atoms with van der Waals surface area (Å²) in [6.45, 7) is -0.953. The third kappa shape index (κ3) is 4.70. The molecule has 1 N–H and O–H groups in total. The minimum Gasteiger partial charge on any atom is -0.479 e. The van der Waals surface area contributed by atoms with Crippen molar-refractivity contribution in [3.63, 3.8) is 0 Å². The van der Waals surface area contributed by atoms with E-state index in [1.807, 2.05) is 30.3 Å². The maximum atomic E-state index is 14.1. The lowest BCUT2D eigenvalue weighted by Gasteiger charge is -2.13. The summed E-state index contributed by atoms with van der Waals surface area (Å²) in [6.07, 6.45) is -2.73. The fraction of sp³-hybridized carbons (Fsp3) is 0.167. The van der Waals surface area contributed by atoms with Crippen LogP contribution in [0.15, 0.2) is 47.4 Å². The molecule has 0 unspecified atom stereocenters. The second-order valence-corrected chi connectivity index (χ2v) is 6.64. The van der Waals surface area contributed by atoms with Crippen molar-refractivity contribution >= 4 is 40.0 Å². The molecule has 0 amide bonds. The summed E-state index contributed by atoms with van der Waals surface area (Å²) in [4.78, 5) is 4.66. The van der Waals surface area contributed by atoms with Gasteiger partial charge in [0.25, 0.3) is 12.3 Å². The van der Waals surface area contributed by atoms with Crippen LogP contribution in [0.5, 0.6) is 11.8 Å². The number of methoxy groups -OCH3 is 1. The molecule has 1 aromatic heterocycles. The monoisotopic (exact) mass is 414 g/mol. The molecular formula is C18H14ClF3N2O2S. The number of aromatic nitrogens is 1. The van der Waals surface area contributed by atoms with Gasteiger partial charge in [-0.25, -0.2) is 13.2 Å². The highest BCUT2D eigenvalue weighted by molar-refractivity contribution is 8.00. The van der Waals surface area contributed by atoms with Crippen molar-refractivity contribution in [2.24, 2.45) is 0 Å². The number of pyridine rings is 1. The SMILES string of the molecule is COc1nc(OCC(F)F)c(F)cc1NSc1cccc2ccc(Cl)cc12. The lowest BCUT2D eigenvalue weighted by molar-refractivity contribution is 0.0770. The Bertz CT molecular complexity index is 959. The van der Waals surface area contributed by atoms with E-state index in [1.54, 1.807) is 6.07 Å². The van der Waals surface area contributed by atoms with Gasteiger partial charge >= 0.3 is 0 Å². The minimum absolute atomic E-state index is 0.0198. The molecule has 0 atom stereocenters. The van der Waals surface area contributed by atoms with Crippen LogP contribution in [-0.4, -0.2) is 25.1 Å². The maximum absolute atomic E-state index is 14.1. The molecule has 3 rings (SSSR count). The number of hydrogen-bond donors (Lipinski definition) is 1. The van der Waals surface area contributed by atoms with Crippen LogP contribution in [0, 0.1) is 5.82 Å². The van der Waals surface area contributed by atoms with Crippen molar-refractivity contribution in [2.45, 2.75) is 11.3 Å². The number of fused-ring (bicyclic) bond motifs is 1. The van der Waals surface area contributed by atoms with Crippen molar-refractivity contribution in [3.8, 4) is 11.8 Å². The Morgan fingerprint density at radius 3 is 2.74 bits per heavy atom. The second-order valence-electron chi connectivity index (χ2n) is 5.36. The van der Waals surface area contributed by atoms with Gasteiger partial charge in [0.2, 0.25) is 5.88 Å². The predicted octanol–water partition coefficient (Wildman–Crippen LogP) is 5.80. The Morgan fingerprint density at radius 1 is 1.19 bits per heavy atom. The van der Waals surface area contributed by atoms with Gasteiger partial charge in [-0.15, -0.1) is 0 Å². The predicted molar refractivity (Wildman–Crippen MR) is 101 cm³/mol. The van der Waals surface area contributed by atoms with Crippen molar-refractivity contribution in [1.82, 2.24) is 4.98 Å². The van der Waals surface area contributed by atoms with E-state index < -0.39 is 24.7 Å². The van der Waals surface area contributed by atoms with Crippen LogP contribution in [0.3, 0.4) is 0 Å². The standard InChI is InChI=1S/C18H14ClF3N2O2S/c1-25-18-14(8-13(20)17(23-18)26-9-16(21)22)24-27-15-4-2-3-10-5-6-11(19)7-12(10)15/h2-8,16,24H,9H2,1H3. The number of hydrogen-bond acceptors (Lipinski definition) is 5. The lowest BCUT2D eigenvalue weighted by Crippen LogP contribution is -2.10. The summed E-state index contributed by atoms with van der Waals surface area (Å²) < 4.78 is 51.3. The number of nitrogens with zero attached hydrogens (tertiary/aromatic N) is 1. The van der Waals surface area contributed by atoms with Gasteiger partial charge in [-0.1, -0.05) is 29.8 Å². The van der Waals surface area contributed by atoms with Gasteiger partial charge in [-0.3, -0.25) is 0 Å².